The van der Waals surface area contributed by atoms with Crippen LogP contribution in [0.2, 0.25) is 0 Å². The maximum absolute atomic E-state index is 13.2. The number of aryl methyl sites for hydroxylation is 1. The van der Waals surface area contributed by atoms with Crippen molar-refractivity contribution in [2.75, 3.05) is 11.9 Å². The Balaban J connectivity index is 1.31. The number of thiophene rings is 1. The van der Waals surface area contributed by atoms with Crippen LogP contribution in [-0.2, 0) is 12.8 Å². The molecule has 8 heteroatoms. The number of carbonyl (C=O) groups is 2. The average molecular weight is 516 g/mol. The van der Waals surface area contributed by atoms with Crippen molar-refractivity contribution < 1.29 is 9.59 Å². The van der Waals surface area contributed by atoms with E-state index >= 15 is 0 Å². The lowest BCUT2D eigenvalue weighted by Crippen LogP contribution is -2.33. The molecule has 0 saturated heterocycles. The number of hydrogen-bond acceptors (Lipinski definition) is 5. The van der Waals surface area contributed by atoms with Crippen LogP contribution in [-0.4, -0.2) is 28.3 Å². The highest BCUT2D eigenvalue weighted by Crippen LogP contribution is 2.38. The first-order chi connectivity index (χ1) is 17.7. The van der Waals surface area contributed by atoms with Crippen LogP contribution in [0.4, 0.5) is 5.69 Å². The number of H-pyrrole nitrogens is 1. The van der Waals surface area contributed by atoms with E-state index in [1.165, 1.54) is 22.6 Å². The molecule has 192 valence electrons. The van der Waals surface area contributed by atoms with Gasteiger partial charge in [-0.3, -0.25) is 9.59 Å². The fourth-order valence-electron chi connectivity index (χ4n) is 4.99. The topological polar surface area (TPSA) is 113 Å². The summed E-state index contributed by atoms with van der Waals surface area (Å²) in [5, 5.41) is 6.96. The number of aromatic amines is 1. The summed E-state index contributed by atoms with van der Waals surface area (Å²) in [5.74, 6) is 0.226. The Morgan fingerprint density at radius 3 is 2.73 bits per heavy atom. The maximum Gasteiger partial charge on any atom is 0.272 e. The Morgan fingerprint density at radius 1 is 1.16 bits per heavy atom. The van der Waals surface area contributed by atoms with Gasteiger partial charge in [-0.25, -0.2) is 4.98 Å². The number of carbonyl (C=O) groups excluding carboxylic acids is 2. The molecule has 0 bridgehead atoms. The molecule has 5 rings (SSSR count). The number of pyridine rings is 1. The monoisotopic (exact) mass is 515 g/mol. The van der Waals surface area contributed by atoms with Crippen LogP contribution < -0.4 is 16.4 Å². The van der Waals surface area contributed by atoms with E-state index in [0.29, 0.717) is 22.2 Å². The summed E-state index contributed by atoms with van der Waals surface area (Å²) in [5.41, 5.74) is 10.7. The second-order valence-corrected chi connectivity index (χ2v) is 11.9. The highest BCUT2D eigenvalue weighted by Gasteiger charge is 2.30. The van der Waals surface area contributed by atoms with Gasteiger partial charge in [0.1, 0.15) is 10.5 Å². The lowest BCUT2D eigenvalue weighted by atomic mass is 9.71. The third-order valence-electron chi connectivity index (χ3n) is 7.25. The van der Waals surface area contributed by atoms with Crippen LogP contribution in [0.3, 0.4) is 0 Å². The molecule has 1 aliphatic rings. The molecule has 0 radical (unpaired) electrons. The fraction of sp³-hybridized carbons (Fsp3) is 0.345. The van der Waals surface area contributed by atoms with Crippen molar-refractivity contribution in [1.82, 2.24) is 15.3 Å². The Morgan fingerprint density at radius 2 is 2.00 bits per heavy atom. The zero-order valence-electron chi connectivity index (χ0n) is 21.4. The molecule has 3 aromatic heterocycles. The van der Waals surface area contributed by atoms with Crippen molar-refractivity contribution in [3.63, 3.8) is 0 Å². The zero-order chi connectivity index (χ0) is 26.2. The van der Waals surface area contributed by atoms with E-state index < -0.39 is 6.04 Å². The van der Waals surface area contributed by atoms with Crippen molar-refractivity contribution >= 4 is 39.1 Å². The summed E-state index contributed by atoms with van der Waals surface area (Å²) in [6.45, 7) is 7.15. The van der Waals surface area contributed by atoms with E-state index in [0.717, 1.165) is 35.0 Å². The summed E-state index contributed by atoms with van der Waals surface area (Å²) in [7, 11) is 0. The second-order valence-electron chi connectivity index (χ2n) is 10.8. The highest BCUT2D eigenvalue weighted by atomic mass is 32.1. The van der Waals surface area contributed by atoms with Gasteiger partial charge in [0.25, 0.3) is 11.8 Å². The Hall–Kier alpha value is -3.49. The third kappa shape index (κ3) is 5.45. The van der Waals surface area contributed by atoms with Gasteiger partial charge in [0.05, 0.1) is 10.9 Å². The van der Waals surface area contributed by atoms with Crippen molar-refractivity contribution in [2.24, 2.45) is 17.1 Å². The van der Waals surface area contributed by atoms with Gasteiger partial charge in [-0.05, 0) is 78.1 Å². The molecule has 0 saturated carbocycles. The standard InChI is InChI=1S/C29H33N5O2S/c1-29(2,3)20-9-10-22-18(13-20)12-19-15-25(37-28(19)34-22)27(36)33-24(16-30)17-6-4-7-21(14-17)32-26(35)23-8-5-11-31-23/h4-8,11-12,14-15,20,24,31H,9-10,13,16,30H2,1-3H3,(H,32,35)(H,33,36)/t20-,24-/m1/s1. The molecule has 1 aromatic carbocycles. The molecule has 37 heavy (non-hydrogen) atoms. The van der Waals surface area contributed by atoms with E-state index in [-0.39, 0.29) is 23.8 Å². The predicted molar refractivity (Wildman–Crippen MR) is 149 cm³/mol. The maximum atomic E-state index is 13.2. The number of hydrogen-bond donors (Lipinski definition) is 4. The summed E-state index contributed by atoms with van der Waals surface area (Å²) >= 11 is 1.42. The molecule has 1 aliphatic carbocycles. The molecule has 0 aliphatic heterocycles. The predicted octanol–water partition coefficient (Wildman–Crippen LogP) is 5.46. The number of amides is 2. The largest absolute Gasteiger partial charge is 0.357 e. The number of nitrogens with one attached hydrogen (secondary N) is 3. The van der Waals surface area contributed by atoms with Crippen LogP contribution in [0.15, 0.2) is 54.7 Å². The number of nitrogens with two attached hydrogens (primary N) is 1. The van der Waals surface area contributed by atoms with E-state index in [2.05, 4.69) is 42.5 Å². The van der Waals surface area contributed by atoms with Crippen LogP contribution in [0, 0.1) is 11.3 Å². The van der Waals surface area contributed by atoms with E-state index in [1.807, 2.05) is 30.3 Å². The van der Waals surface area contributed by atoms with Crippen molar-refractivity contribution in [1.29, 1.82) is 0 Å². The van der Waals surface area contributed by atoms with Gasteiger partial charge in [-0.15, -0.1) is 11.3 Å². The number of aromatic nitrogens is 2. The van der Waals surface area contributed by atoms with Crippen LogP contribution in [0.25, 0.3) is 10.2 Å². The van der Waals surface area contributed by atoms with Gasteiger partial charge in [0.15, 0.2) is 0 Å². The number of fused-ring (bicyclic) bond motifs is 2. The molecule has 2 atom stereocenters. The SMILES string of the molecule is CC(C)(C)[C@@H]1CCc2nc3sc(C(=O)N[C@H](CN)c4cccc(NC(=O)c5ccc[nH]5)c4)cc3cc2C1. The molecule has 2 amide bonds. The Kier molecular flexibility index (Phi) is 6.88. The van der Waals surface area contributed by atoms with Gasteiger partial charge >= 0.3 is 0 Å². The third-order valence-corrected chi connectivity index (χ3v) is 8.30. The molecule has 0 spiro atoms. The van der Waals surface area contributed by atoms with Gasteiger partial charge in [-0.1, -0.05) is 32.9 Å². The number of nitrogens with zero attached hydrogens (tertiary/aromatic N) is 1. The number of rotatable bonds is 6. The van der Waals surface area contributed by atoms with Crippen molar-refractivity contribution in [2.45, 2.75) is 46.1 Å². The molecule has 0 fully saturated rings. The lowest BCUT2D eigenvalue weighted by molar-refractivity contribution is 0.0941. The second kappa shape index (κ2) is 10.1. The van der Waals surface area contributed by atoms with E-state index in [4.69, 9.17) is 10.7 Å². The molecular weight excluding hydrogens is 482 g/mol. The van der Waals surface area contributed by atoms with Crippen LogP contribution >= 0.6 is 11.3 Å². The lowest BCUT2D eigenvalue weighted by Gasteiger charge is -2.34. The molecule has 0 unspecified atom stereocenters. The minimum atomic E-state index is -0.395. The molecule has 4 aromatic rings. The first-order valence-corrected chi connectivity index (χ1v) is 13.5. The molecular formula is C29H33N5O2S. The van der Waals surface area contributed by atoms with E-state index in [9.17, 15) is 9.59 Å². The fourth-order valence-corrected chi connectivity index (χ4v) is 5.92. The minimum absolute atomic E-state index is 0.176. The number of anilines is 1. The molecule has 7 nitrogen and oxygen atoms in total. The molecule has 5 N–H and O–H groups in total. The Labute approximate surface area is 220 Å². The summed E-state index contributed by atoms with van der Waals surface area (Å²) in [6, 6.07) is 14.6. The molecule has 3 heterocycles. The summed E-state index contributed by atoms with van der Waals surface area (Å²) < 4.78 is 0. The number of benzene rings is 1. The smallest absolute Gasteiger partial charge is 0.272 e. The van der Waals surface area contributed by atoms with E-state index in [1.54, 1.807) is 18.3 Å². The summed E-state index contributed by atoms with van der Waals surface area (Å²) in [4.78, 5) is 35.0. The highest BCUT2D eigenvalue weighted by molar-refractivity contribution is 7.20. The average Bonchev–Trinajstić information content (AvgIpc) is 3.55. The van der Waals surface area contributed by atoms with Gasteiger partial charge in [-0.2, -0.15) is 0 Å². The van der Waals surface area contributed by atoms with Gasteiger partial charge in [0.2, 0.25) is 0 Å². The normalized spacial score (nSPS) is 16.3. The van der Waals surface area contributed by atoms with Crippen LogP contribution in [0.5, 0.6) is 0 Å². The zero-order valence-corrected chi connectivity index (χ0v) is 22.2. The first kappa shape index (κ1) is 25.2. The van der Waals surface area contributed by atoms with Gasteiger partial charge < -0.3 is 21.4 Å². The minimum Gasteiger partial charge on any atom is -0.357 e. The van der Waals surface area contributed by atoms with Gasteiger partial charge in [0, 0.05) is 29.5 Å². The summed E-state index contributed by atoms with van der Waals surface area (Å²) in [6.07, 6.45) is 4.87. The Bertz CT molecular complexity index is 1430. The van der Waals surface area contributed by atoms with Crippen LogP contribution in [0.1, 0.15) is 70.2 Å². The van der Waals surface area contributed by atoms with Crippen molar-refractivity contribution in [3.05, 3.63) is 82.1 Å². The van der Waals surface area contributed by atoms with Crippen molar-refractivity contribution in [3.8, 4) is 0 Å². The quantitative estimate of drug-likeness (QED) is 0.273. The first-order valence-electron chi connectivity index (χ1n) is 12.7.